The molecule has 1 aromatic heterocycles. The maximum Gasteiger partial charge on any atom is 0.338 e. The molecule has 0 aliphatic carbocycles. The Labute approximate surface area is 249 Å². The molecule has 3 aromatic rings. The lowest BCUT2D eigenvalue weighted by atomic mass is 9.95. The first-order valence-corrected chi connectivity index (χ1v) is 15.0. The van der Waals surface area contributed by atoms with E-state index in [-0.39, 0.29) is 18.3 Å². The van der Waals surface area contributed by atoms with Gasteiger partial charge < -0.3 is 23.7 Å². The Morgan fingerprint density at radius 2 is 1.79 bits per heavy atom. The summed E-state index contributed by atoms with van der Waals surface area (Å²) < 4.78 is 30.6. The molecule has 4 rings (SSSR count). The molecule has 0 fully saturated rings. The van der Waals surface area contributed by atoms with E-state index in [2.05, 4.69) is 4.99 Å². The van der Waals surface area contributed by atoms with Crippen LogP contribution in [0.3, 0.4) is 0 Å². The van der Waals surface area contributed by atoms with Crippen LogP contribution in [0.15, 0.2) is 57.5 Å². The van der Waals surface area contributed by atoms with E-state index >= 15 is 0 Å². The van der Waals surface area contributed by atoms with Gasteiger partial charge in [-0.25, -0.2) is 9.79 Å². The molecule has 10 heteroatoms. The second-order valence-electron chi connectivity index (χ2n) is 9.87. The first-order chi connectivity index (χ1) is 20.2. The number of carbonyl (C=O) groups excluding carboxylic acids is 1. The molecule has 0 saturated heterocycles. The van der Waals surface area contributed by atoms with E-state index in [9.17, 15) is 9.59 Å². The van der Waals surface area contributed by atoms with E-state index in [0.29, 0.717) is 62.4 Å². The van der Waals surface area contributed by atoms with Crippen LogP contribution in [0, 0.1) is 0 Å². The predicted molar refractivity (Wildman–Crippen MR) is 163 cm³/mol. The van der Waals surface area contributed by atoms with Gasteiger partial charge in [-0.2, -0.15) is 0 Å². The molecule has 2 heterocycles. The molecule has 1 unspecified atom stereocenters. The third-order valence-electron chi connectivity index (χ3n) is 6.41. The first kappa shape index (κ1) is 30.9. The quantitative estimate of drug-likeness (QED) is 0.279. The van der Waals surface area contributed by atoms with Crippen molar-refractivity contribution in [2.24, 2.45) is 4.99 Å². The maximum atomic E-state index is 14.0. The topological polar surface area (TPSA) is 97.6 Å². The Morgan fingerprint density at radius 3 is 2.45 bits per heavy atom. The highest BCUT2D eigenvalue weighted by atomic mass is 32.1. The Kier molecular flexibility index (Phi) is 10.1. The lowest BCUT2D eigenvalue weighted by Crippen LogP contribution is -2.40. The highest BCUT2D eigenvalue weighted by molar-refractivity contribution is 7.07. The van der Waals surface area contributed by atoms with E-state index in [1.807, 2.05) is 52.0 Å². The van der Waals surface area contributed by atoms with Crippen molar-refractivity contribution in [1.29, 1.82) is 0 Å². The highest BCUT2D eigenvalue weighted by Crippen LogP contribution is 2.36. The molecule has 0 amide bonds. The zero-order valence-electron chi connectivity index (χ0n) is 25.2. The second kappa shape index (κ2) is 13.7. The largest absolute Gasteiger partial charge is 0.493 e. The first-order valence-electron chi connectivity index (χ1n) is 14.2. The fraction of sp³-hybridized carbons (Fsp3) is 0.406. The van der Waals surface area contributed by atoms with Crippen LogP contribution in [-0.4, -0.2) is 43.6 Å². The number of benzene rings is 2. The summed E-state index contributed by atoms with van der Waals surface area (Å²) >= 11 is 1.26. The van der Waals surface area contributed by atoms with Crippen LogP contribution in [-0.2, 0) is 9.53 Å². The van der Waals surface area contributed by atoms with Crippen LogP contribution in [0.4, 0.5) is 0 Å². The van der Waals surface area contributed by atoms with Gasteiger partial charge in [0.2, 0.25) is 0 Å². The van der Waals surface area contributed by atoms with Crippen molar-refractivity contribution in [1.82, 2.24) is 4.57 Å². The van der Waals surface area contributed by atoms with Gasteiger partial charge in [-0.15, -0.1) is 0 Å². The Balaban J connectivity index is 1.88. The average molecular weight is 595 g/mol. The predicted octanol–water partition coefficient (Wildman–Crippen LogP) is 4.78. The molecule has 2 aromatic carbocycles. The summed E-state index contributed by atoms with van der Waals surface area (Å²) in [6.07, 6.45) is 2.62. The van der Waals surface area contributed by atoms with Crippen molar-refractivity contribution in [2.45, 2.75) is 60.1 Å². The minimum atomic E-state index is -0.770. The van der Waals surface area contributed by atoms with E-state index in [4.69, 9.17) is 23.7 Å². The van der Waals surface area contributed by atoms with Crippen LogP contribution >= 0.6 is 11.3 Å². The number of allylic oxidation sites excluding steroid dienone is 1. The summed E-state index contributed by atoms with van der Waals surface area (Å²) in [5, 5.41) is 0. The number of fused-ring (bicyclic) bond motifs is 1. The number of hydrogen-bond donors (Lipinski definition) is 0. The lowest BCUT2D eigenvalue weighted by Gasteiger charge is -2.25. The van der Waals surface area contributed by atoms with Crippen molar-refractivity contribution in [3.05, 3.63) is 78.5 Å². The van der Waals surface area contributed by atoms with E-state index < -0.39 is 12.0 Å². The van der Waals surface area contributed by atoms with Gasteiger partial charge in [0.25, 0.3) is 5.56 Å². The molecule has 0 N–H and O–H groups in total. The van der Waals surface area contributed by atoms with Gasteiger partial charge >= 0.3 is 5.97 Å². The molecule has 224 valence electrons. The summed E-state index contributed by atoms with van der Waals surface area (Å²) in [6, 6.07) is 10.2. The van der Waals surface area contributed by atoms with Crippen LogP contribution < -0.4 is 33.8 Å². The Morgan fingerprint density at radius 1 is 1.02 bits per heavy atom. The Hall–Kier alpha value is -4.05. The van der Waals surface area contributed by atoms with Crippen LogP contribution in [0.5, 0.6) is 23.0 Å². The van der Waals surface area contributed by atoms with Gasteiger partial charge in [0.1, 0.15) is 0 Å². The van der Waals surface area contributed by atoms with Crippen molar-refractivity contribution < 1.29 is 28.5 Å². The van der Waals surface area contributed by atoms with Crippen molar-refractivity contribution in [2.75, 3.05) is 26.9 Å². The fourth-order valence-electron chi connectivity index (χ4n) is 4.68. The Bertz CT molecular complexity index is 1650. The van der Waals surface area contributed by atoms with E-state index in [1.165, 1.54) is 11.3 Å². The van der Waals surface area contributed by atoms with Gasteiger partial charge in [-0.3, -0.25) is 9.36 Å². The molecule has 1 atom stereocenters. The number of methoxy groups -OCH3 is 1. The van der Waals surface area contributed by atoms with Gasteiger partial charge in [0.15, 0.2) is 27.8 Å². The van der Waals surface area contributed by atoms with Crippen LogP contribution in [0.2, 0.25) is 0 Å². The molecular weight excluding hydrogens is 556 g/mol. The minimum absolute atomic E-state index is 0.0600. The van der Waals surface area contributed by atoms with Crippen LogP contribution in [0.25, 0.3) is 6.08 Å². The van der Waals surface area contributed by atoms with E-state index in [0.717, 1.165) is 12.0 Å². The van der Waals surface area contributed by atoms with Crippen molar-refractivity contribution in [3.63, 3.8) is 0 Å². The van der Waals surface area contributed by atoms with Gasteiger partial charge in [-0.05, 0) is 82.5 Å². The lowest BCUT2D eigenvalue weighted by molar-refractivity contribution is -0.139. The zero-order valence-corrected chi connectivity index (χ0v) is 26.0. The summed E-state index contributed by atoms with van der Waals surface area (Å²) in [4.78, 5) is 32.4. The number of nitrogens with zero attached hydrogens (tertiary/aromatic N) is 2. The van der Waals surface area contributed by atoms with Gasteiger partial charge in [0.05, 0.1) is 54.9 Å². The third kappa shape index (κ3) is 6.54. The average Bonchev–Trinajstić information content (AvgIpc) is 3.26. The van der Waals surface area contributed by atoms with Gasteiger partial charge in [-0.1, -0.05) is 30.4 Å². The number of hydrogen-bond acceptors (Lipinski definition) is 9. The number of aromatic nitrogens is 1. The molecule has 0 radical (unpaired) electrons. The monoisotopic (exact) mass is 594 g/mol. The summed E-state index contributed by atoms with van der Waals surface area (Å²) in [5.41, 5.74) is 1.96. The number of rotatable bonds is 12. The third-order valence-corrected chi connectivity index (χ3v) is 7.39. The molecule has 42 heavy (non-hydrogen) atoms. The number of thiazole rings is 1. The molecule has 9 nitrogen and oxygen atoms in total. The molecule has 1 aliphatic heterocycles. The van der Waals surface area contributed by atoms with E-state index in [1.54, 1.807) is 43.7 Å². The van der Waals surface area contributed by atoms with Gasteiger partial charge in [0, 0.05) is 0 Å². The molecule has 0 bridgehead atoms. The smallest absolute Gasteiger partial charge is 0.338 e. The number of carbonyl (C=O) groups is 1. The standard InChI is InChI=1S/C32H38N2O7S/c1-8-15-40-23-13-11-21(16-26(23)38-9-2)17-27-30(35)34-29(22-12-14-24(41-19(4)5)25(18-22)37-7)28(31(36)39-10-3)20(6)33-32(34)42-27/h11-14,16-19,29H,8-10,15H2,1-7H3. The molecule has 1 aliphatic rings. The number of esters is 1. The van der Waals surface area contributed by atoms with Crippen LogP contribution in [0.1, 0.15) is 65.1 Å². The van der Waals surface area contributed by atoms with Crippen molar-refractivity contribution in [3.8, 4) is 23.0 Å². The number of ether oxygens (including phenoxy) is 5. The van der Waals surface area contributed by atoms with Crippen molar-refractivity contribution >= 4 is 23.4 Å². The molecule has 0 saturated carbocycles. The SMILES string of the molecule is CCCOc1ccc(C=c2sc3n(c2=O)C(c2ccc(OC(C)C)c(OC)c2)C(C(=O)OCC)=C(C)N=3)cc1OCC. The zero-order chi connectivity index (χ0) is 30.4. The minimum Gasteiger partial charge on any atom is -0.493 e. The normalized spacial score (nSPS) is 14.9. The molecule has 0 spiro atoms. The summed E-state index contributed by atoms with van der Waals surface area (Å²) in [7, 11) is 1.56. The second-order valence-corrected chi connectivity index (χ2v) is 10.9. The fourth-order valence-corrected chi connectivity index (χ4v) is 5.72. The maximum absolute atomic E-state index is 14.0. The molecular formula is C32H38N2O7S. The summed E-state index contributed by atoms with van der Waals surface area (Å²) in [5.74, 6) is 1.81. The highest BCUT2D eigenvalue weighted by Gasteiger charge is 2.34. The summed E-state index contributed by atoms with van der Waals surface area (Å²) in [6.45, 7) is 12.6.